The van der Waals surface area contributed by atoms with Gasteiger partial charge in [0, 0.05) is 31.8 Å². The zero-order valence-electron chi connectivity index (χ0n) is 13.5. The van der Waals surface area contributed by atoms with Crippen LogP contribution in [0.1, 0.15) is 30.1 Å². The number of carbonyl (C=O) groups is 1. The van der Waals surface area contributed by atoms with E-state index < -0.39 is 0 Å². The highest BCUT2D eigenvalue weighted by Gasteiger charge is 2.25. The number of rotatable bonds is 6. The largest absolute Gasteiger partial charge is 0.491 e. The predicted octanol–water partition coefficient (Wildman–Crippen LogP) is 1.91. The second kappa shape index (κ2) is 8.15. The molecule has 0 bridgehead atoms. The van der Waals surface area contributed by atoms with E-state index in [1.54, 1.807) is 13.2 Å². The van der Waals surface area contributed by atoms with Gasteiger partial charge in [0.05, 0.1) is 6.61 Å². The molecule has 0 radical (unpaired) electrons. The Labute approximate surface area is 132 Å². The van der Waals surface area contributed by atoms with Crippen molar-refractivity contribution in [3.63, 3.8) is 0 Å². The van der Waals surface area contributed by atoms with Gasteiger partial charge in [-0.1, -0.05) is 6.07 Å². The highest BCUT2D eigenvalue weighted by Crippen LogP contribution is 2.22. The number of amides is 1. The van der Waals surface area contributed by atoms with E-state index >= 15 is 0 Å². The van der Waals surface area contributed by atoms with Crippen molar-refractivity contribution < 1.29 is 14.3 Å². The van der Waals surface area contributed by atoms with Crippen molar-refractivity contribution >= 4 is 5.91 Å². The lowest BCUT2D eigenvalue weighted by atomic mass is 9.90. The average Bonchev–Trinajstić information content (AvgIpc) is 2.55. The van der Waals surface area contributed by atoms with Gasteiger partial charge in [-0.3, -0.25) is 4.79 Å². The molecular formula is C17H26N2O3. The normalized spacial score (nSPS) is 17.3. The number of nitrogens with zero attached hydrogens (tertiary/aromatic N) is 1. The summed E-state index contributed by atoms with van der Waals surface area (Å²) in [5.74, 6) is 1.29. The first-order chi connectivity index (χ1) is 10.6. The molecule has 5 heteroatoms. The molecule has 1 aromatic carbocycles. The lowest BCUT2D eigenvalue weighted by Crippen LogP contribution is -2.42. The number of benzene rings is 1. The first kappa shape index (κ1) is 16.8. The molecule has 5 nitrogen and oxygen atoms in total. The van der Waals surface area contributed by atoms with Crippen LogP contribution >= 0.6 is 0 Å². The molecule has 0 aliphatic carbocycles. The SMILES string of the molecule is COCCOc1cccc(C(=O)N2CCC(C(C)N)CC2)c1. The molecule has 1 unspecified atom stereocenters. The summed E-state index contributed by atoms with van der Waals surface area (Å²) in [6.07, 6.45) is 1.96. The van der Waals surface area contributed by atoms with Crippen LogP contribution in [0, 0.1) is 5.92 Å². The fourth-order valence-corrected chi connectivity index (χ4v) is 2.77. The highest BCUT2D eigenvalue weighted by atomic mass is 16.5. The number of carbonyl (C=O) groups excluding carboxylic acids is 1. The molecule has 1 heterocycles. The minimum absolute atomic E-state index is 0.0697. The van der Waals surface area contributed by atoms with Gasteiger partial charge in [0.2, 0.25) is 0 Å². The Morgan fingerprint density at radius 3 is 2.73 bits per heavy atom. The summed E-state index contributed by atoms with van der Waals surface area (Å²) >= 11 is 0. The van der Waals surface area contributed by atoms with Crippen molar-refractivity contribution in [2.24, 2.45) is 11.7 Å². The maximum atomic E-state index is 12.6. The zero-order valence-corrected chi connectivity index (χ0v) is 13.5. The van der Waals surface area contributed by atoms with Crippen LogP contribution in [0.25, 0.3) is 0 Å². The van der Waals surface area contributed by atoms with Crippen molar-refractivity contribution in [1.82, 2.24) is 4.90 Å². The number of hydrogen-bond acceptors (Lipinski definition) is 4. The fraction of sp³-hybridized carbons (Fsp3) is 0.588. The fourth-order valence-electron chi connectivity index (χ4n) is 2.77. The van der Waals surface area contributed by atoms with E-state index in [9.17, 15) is 4.79 Å². The molecule has 1 aliphatic heterocycles. The maximum absolute atomic E-state index is 12.6. The number of likely N-dealkylation sites (tertiary alicyclic amines) is 1. The molecule has 1 fully saturated rings. The van der Waals surface area contributed by atoms with Crippen LogP contribution in [0.15, 0.2) is 24.3 Å². The smallest absolute Gasteiger partial charge is 0.253 e. The number of hydrogen-bond donors (Lipinski definition) is 1. The van der Waals surface area contributed by atoms with Gasteiger partial charge in [-0.15, -0.1) is 0 Å². The molecule has 1 amide bonds. The monoisotopic (exact) mass is 306 g/mol. The van der Waals surface area contributed by atoms with Gasteiger partial charge >= 0.3 is 0 Å². The Balaban J connectivity index is 1.94. The molecule has 2 rings (SSSR count). The summed E-state index contributed by atoms with van der Waals surface area (Å²) in [7, 11) is 1.63. The zero-order chi connectivity index (χ0) is 15.9. The molecule has 0 aromatic heterocycles. The summed E-state index contributed by atoms with van der Waals surface area (Å²) in [4.78, 5) is 14.5. The van der Waals surface area contributed by atoms with Gasteiger partial charge in [0.25, 0.3) is 5.91 Å². The predicted molar refractivity (Wildman–Crippen MR) is 86.1 cm³/mol. The third-order valence-corrected chi connectivity index (χ3v) is 4.21. The van der Waals surface area contributed by atoms with E-state index in [2.05, 4.69) is 0 Å². The van der Waals surface area contributed by atoms with Gasteiger partial charge in [0.15, 0.2) is 0 Å². The van der Waals surface area contributed by atoms with Crippen LogP contribution in [-0.2, 0) is 4.74 Å². The second-order valence-corrected chi connectivity index (χ2v) is 5.86. The molecule has 1 aromatic rings. The lowest BCUT2D eigenvalue weighted by Gasteiger charge is -2.33. The van der Waals surface area contributed by atoms with Crippen molar-refractivity contribution in [3.8, 4) is 5.75 Å². The second-order valence-electron chi connectivity index (χ2n) is 5.86. The summed E-state index contributed by atoms with van der Waals surface area (Å²) in [6.45, 7) is 4.61. The van der Waals surface area contributed by atoms with Crippen molar-refractivity contribution in [3.05, 3.63) is 29.8 Å². The van der Waals surface area contributed by atoms with Gasteiger partial charge in [-0.2, -0.15) is 0 Å². The Morgan fingerprint density at radius 2 is 2.09 bits per heavy atom. The van der Waals surface area contributed by atoms with E-state index in [0.29, 0.717) is 30.4 Å². The van der Waals surface area contributed by atoms with Crippen molar-refractivity contribution in [2.45, 2.75) is 25.8 Å². The number of nitrogens with two attached hydrogens (primary N) is 1. The van der Waals surface area contributed by atoms with E-state index in [-0.39, 0.29) is 11.9 Å². The molecule has 0 saturated carbocycles. The third-order valence-electron chi connectivity index (χ3n) is 4.21. The third kappa shape index (κ3) is 4.45. The van der Waals surface area contributed by atoms with Crippen LogP contribution in [0.3, 0.4) is 0 Å². The topological polar surface area (TPSA) is 64.8 Å². The van der Waals surface area contributed by atoms with Gasteiger partial charge in [-0.05, 0) is 43.9 Å². The lowest BCUT2D eigenvalue weighted by molar-refractivity contribution is 0.0680. The van der Waals surface area contributed by atoms with Crippen LogP contribution in [0.2, 0.25) is 0 Å². The standard InChI is InChI=1S/C17H26N2O3/c1-13(18)14-6-8-19(9-7-14)17(20)15-4-3-5-16(12-15)22-11-10-21-2/h3-5,12-14H,6-11,18H2,1-2H3. The first-order valence-corrected chi connectivity index (χ1v) is 7.88. The Hall–Kier alpha value is -1.59. The molecular weight excluding hydrogens is 280 g/mol. The number of piperidine rings is 1. The maximum Gasteiger partial charge on any atom is 0.253 e. The van der Waals surface area contributed by atoms with Crippen LogP contribution < -0.4 is 10.5 Å². The minimum Gasteiger partial charge on any atom is -0.491 e. The molecule has 0 spiro atoms. The molecule has 1 atom stereocenters. The average molecular weight is 306 g/mol. The Kier molecular flexibility index (Phi) is 6.21. The van der Waals surface area contributed by atoms with Crippen LogP contribution in [0.5, 0.6) is 5.75 Å². The van der Waals surface area contributed by atoms with Crippen molar-refractivity contribution in [1.29, 1.82) is 0 Å². The number of ether oxygens (including phenoxy) is 2. The highest BCUT2D eigenvalue weighted by molar-refractivity contribution is 5.94. The molecule has 122 valence electrons. The molecule has 1 saturated heterocycles. The Morgan fingerprint density at radius 1 is 1.36 bits per heavy atom. The van der Waals surface area contributed by atoms with Crippen molar-refractivity contribution in [2.75, 3.05) is 33.4 Å². The van der Waals surface area contributed by atoms with Gasteiger partial charge in [-0.25, -0.2) is 0 Å². The summed E-state index contributed by atoms with van der Waals surface area (Å²) in [5, 5.41) is 0. The summed E-state index contributed by atoms with van der Waals surface area (Å²) in [6, 6.07) is 7.55. The molecule has 22 heavy (non-hydrogen) atoms. The van der Waals surface area contributed by atoms with E-state index in [4.69, 9.17) is 15.2 Å². The van der Waals surface area contributed by atoms with Crippen LogP contribution in [-0.4, -0.2) is 50.3 Å². The Bertz CT molecular complexity index is 483. The van der Waals surface area contributed by atoms with E-state index in [1.807, 2.05) is 30.0 Å². The molecule has 2 N–H and O–H groups in total. The van der Waals surface area contributed by atoms with E-state index in [1.165, 1.54) is 0 Å². The van der Waals surface area contributed by atoms with Crippen LogP contribution in [0.4, 0.5) is 0 Å². The van der Waals surface area contributed by atoms with E-state index in [0.717, 1.165) is 25.9 Å². The summed E-state index contributed by atoms with van der Waals surface area (Å²) in [5.41, 5.74) is 6.62. The van der Waals surface area contributed by atoms with Gasteiger partial charge < -0.3 is 20.1 Å². The van der Waals surface area contributed by atoms with Gasteiger partial charge in [0.1, 0.15) is 12.4 Å². The summed E-state index contributed by atoms with van der Waals surface area (Å²) < 4.78 is 10.5. The minimum atomic E-state index is 0.0697. The number of methoxy groups -OCH3 is 1. The molecule has 1 aliphatic rings. The first-order valence-electron chi connectivity index (χ1n) is 7.88. The quantitative estimate of drug-likeness (QED) is 0.815.